The van der Waals surface area contributed by atoms with Crippen LogP contribution < -0.4 is 32.5 Å². The first-order valence-electron chi connectivity index (χ1n) is 34.6. The predicted molar refractivity (Wildman–Crippen MR) is 403 cm³/mol. The number of fused-ring (bicyclic) bond motifs is 2. The van der Waals surface area contributed by atoms with E-state index in [1.54, 1.807) is 51.1 Å². The number of carbonyl (C=O) groups excluding carboxylic acids is 6. The lowest BCUT2D eigenvalue weighted by Crippen LogP contribution is -2.43. The number of phosphoric ester groups is 1. The highest BCUT2D eigenvalue weighted by Crippen LogP contribution is 2.66. The number of ether oxygens (including phenoxy) is 1. The maximum Gasteiger partial charge on any atom is 0.490 e. The van der Waals surface area contributed by atoms with Crippen molar-refractivity contribution >= 4 is 129 Å². The fourth-order valence-electron chi connectivity index (χ4n) is 12.0. The van der Waals surface area contributed by atoms with Crippen molar-refractivity contribution in [3.63, 3.8) is 0 Å². The maximum atomic E-state index is 14.7. The second-order valence-corrected chi connectivity index (χ2v) is 35.1. The summed E-state index contributed by atoms with van der Waals surface area (Å²) in [6.45, 7) is 3.89. The number of aromatic nitrogens is 2. The van der Waals surface area contributed by atoms with Crippen LogP contribution in [0, 0.1) is 17.8 Å². The molecule has 0 radical (unpaired) electrons. The number of hydrogen-bond donors (Lipinski definition) is 14. The number of H-pyrrole nitrogens is 1. The van der Waals surface area contributed by atoms with Crippen molar-refractivity contribution in [2.24, 2.45) is 10.9 Å². The zero-order chi connectivity index (χ0) is 82.3. The fourth-order valence-corrected chi connectivity index (χ4v) is 18.9. The second kappa shape index (κ2) is 41.9. The molecule has 6 rings (SSSR count). The van der Waals surface area contributed by atoms with Gasteiger partial charge >= 0.3 is 41.1 Å². The van der Waals surface area contributed by atoms with Gasteiger partial charge < -0.3 is 65.8 Å². The Morgan fingerprint density at radius 3 is 2.09 bits per heavy atom. The van der Waals surface area contributed by atoms with E-state index in [0.717, 1.165) is 10.8 Å². The molecule has 2 heterocycles. The van der Waals surface area contributed by atoms with Gasteiger partial charge in [-0.1, -0.05) is 83.5 Å². The number of Topliss-reactive ketones (excluding diaryl/α,β-unsaturated/α-hetero) is 2. The Balaban J connectivity index is 1.06. The molecule has 3 aromatic rings. The number of hydrogen-bond acceptors (Lipinski definition) is 26. The SMILES string of the molecule is CCN=C1C=CC2=C(c3ccccc3C(=O)N(C)CCCC(=O)NC(CCCSSCCC(=O)NCC#Cc3cn([C@H]4CC(O)[C@@H](COP(=O)(O)OP(=O)(O)OP(=O)(O)O)O4)c(=O)[nH]c3=O)C(=O)CCCCCCC(=O)NC(CC(=O)O)C(=O)CC(CC)C(=O)O)c3ccc(NCC)c(S(=O)(=O)O)c3CC2=C1S(=O)(=O)O. The number of aliphatic carboxylic acids is 2. The number of aliphatic imine (C=N–C) groups is 1. The Labute approximate surface area is 644 Å². The minimum absolute atomic E-state index is 0.00188. The summed E-state index contributed by atoms with van der Waals surface area (Å²) >= 11 is 0. The number of carboxylic acid groups (broad SMARTS) is 2. The van der Waals surface area contributed by atoms with Gasteiger partial charge in [0.2, 0.25) is 17.7 Å². The van der Waals surface area contributed by atoms with E-state index < -0.39 is 168 Å². The zero-order valence-electron chi connectivity index (χ0n) is 60.3. The Morgan fingerprint density at radius 1 is 0.784 bits per heavy atom. The molecule has 0 saturated carbocycles. The van der Waals surface area contributed by atoms with Crippen molar-refractivity contribution in [1.82, 2.24) is 30.4 Å². The molecule has 14 N–H and O–H groups in total. The van der Waals surface area contributed by atoms with Gasteiger partial charge in [0.25, 0.3) is 31.7 Å². The third-order valence-electron chi connectivity index (χ3n) is 17.1. The number of allylic oxidation sites excluding steroid dienone is 5. The van der Waals surface area contributed by atoms with Gasteiger partial charge in [-0.2, -0.15) is 25.5 Å². The van der Waals surface area contributed by atoms with Crippen LogP contribution in [0.25, 0.3) is 5.57 Å². The number of nitrogens with one attached hydrogen (secondary N) is 5. The van der Waals surface area contributed by atoms with E-state index in [1.807, 2.05) is 4.98 Å². The average Bonchev–Trinajstić information content (AvgIpc) is 1.10. The van der Waals surface area contributed by atoms with Crippen LogP contribution in [-0.2, 0) is 91.8 Å². The normalized spacial score (nSPS) is 17.9. The van der Waals surface area contributed by atoms with E-state index in [2.05, 4.69) is 51.2 Å². The molecule has 610 valence electrons. The van der Waals surface area contributed by atoms with Crippen LogP contribution in [0.4, 0.5) is 5.69 Å². The Morgan fingerprint density at radius 2 is 1.45 bits per heavy atom. The average molecular weight is 1690 g/mol. The number of unbranched alkanes of at least 4 members (excludes halogenated alkanes) is 3. The van der Waals surface area contributed by atoms with E-state index in [-0.39, 0.29) is 146 Å². The molecule has 38 nitrogen and oxygen atoms in total. The number of rotatable bonds is 45. The van der Waals surface area contributed by atoms with Gasteiger partial charge in [-0.25, -0.2) is 18.5 Å². The largest absolute Gasteiger partial charge is 0.490 e. The van der Waals surface area contributed by atoms with Gasteiger partial charge in [0, 0.05) is 94.9 Å². The molecular weight excluding hydrogens is 1610 g/mol. The second-order valence-electron chi connectivity index (χ2n) is 25.3. The molecule has 8 atom stereocenters. The third-order valence-corrected chi connectivity index (χ3v) is 25.3. The van der Waals surface area contributed by atoms with Gasteiger partial charge in [-0.05, 0) is 104 Å². The van der Waals surface area contributed by atoms with E-state index in [1.165, 1.54) is 51.7 Å². The molecule has 1 fully saturated rings. The highest BCUT2D eigenvalue weighted by molar-refractivity contribution is 8.76. The number of carboxylic acids is 2. The molecule has 1 aromatic heterocycles. The number of aliphatic hydroxyl groups excluding tert-OH is 1. The van der Waals surface area contributed by atoms with Gasteiger partial charge in [0.05, 0.1) is 55.1 Å². The molecule has 1 saturated heterocycles. The minimum Gasteiger partial charge on any atom is -0.481 e. The molecule has 1 aliphatic heterocycles. The van der Waals surface area contributed by atoms with Gasteiger partial charge in [0.15, 0.2) is 11.6 Å². The summed E-state index contributed by atoms with van der Waals surface area (Å²) in [5.41, 5.74) is -1.50. The lowest BCUT2D eigenvalue weighted by atomic mass is 9.76. The van der Waals surface area contributed by atoms with Gasteiger partial charge in [-0.15, -0.1) is 0 Å². The molecular formula is C66H87N8O30P3S4. The highest BCUT2D eigenvalue weighted by Gasteiger charge is 2.44. The minimum atomic E-state index is -5.86. The summed E-state index contributed by atoms with van der Waals surface area (Å²) < 4.78 is 127. The molecule has 2 aliphatic carbocycles. The van der Waals surface area contributed by atoms with Crippen molar-refractivity contribution < 1.29 is 131 Å². The lowest BCUT2D eigenvalue weighted by Gasteiger charge is -2.31. The number of amides is 4. The van der Waals surface area contributed by atoms with Crippen molar-refractivity contribution in [3.8, 4) is 11.8 Å². The van der Waals surface area contributed by atoms with Crippen molar-refractivity contribution in [3.05, 3.63) is 119 Å². The summed E-state index contributed by atoms with van der Waals surface area (Å²) in [4.78, 5) is 172. The summed E-state index contributed by atoms with van der Waals surface area (Å²) in [5, 5.41) is 40.0. The number of carbonyl (C=O) groups is 8. The molecule has 2 aromatic carbocycles. The summed E-state index contributed by atoms with van der Waals surface area (Å²) in [5.74, 6) is -1.06. The Kier molecular flexibility index (Phi) is 34.9. The first-order chi connectivity index (χ1) is 52.1. The van der Waals surface area contributed by atoms with Gasteiger partial charge in [-0.3, -0.25) is 71.3 Å². The van der Waals surface area contributed by atoms with E-state index >= 15 is 0 Å². The summed E-state index contributed by atoms with van der Waals surface area (Å²) in [7, 11) is -23.0. The number of aromatic amines is 1. The fraction of sp³-hybridized carbons (Fsp3) is 0.500. The molecule has 0 spiro atoms. The first-order valence-corrected chi connectivity index (χ1v) is 44.4. The van der Waals surface area contributed by atoms with Crippen LogP contribution in [0.15, 0.2) is 90.3 Å². The van der Waals surface area contributed by atoms with Crippen LogP contribution in [0.1, 0.15) is 156 Å². The van der Waals surface area contributed by atoms with Crippen LogP contribution in [-0.4, -0.2) is 204 Å². The summed E-state index contributed by atoms with van der Waals surface area (Å²) in [6.07, 6.45) is -0.494. The van der Waals surface area contributed by atoms with Crippen molar-refractivity contribution in [1.29, 1.82) is 0 Å². The van der Waals surface area contributed by atoms with Crippen LogP contribution >= 0.6 is 45.1 Å². The number of ketones is 2. The van der Waals surface area contributed by atoms with Gasteiger partial charge in [0.1, 0.15) is 27.7 Å². The topological polar surface area (TPSA) is 594 Å². The molecule has 6 unspecified atom stereocenters. The Hall–Kier alpha value is -7.62. The van der Waals surface area contributed by atoms with E-state index in [4.69, 9.17) is 14.5 Å². The maximum absolute atomic E-state index is 14.7. The predicted octanol–water partition coefficient (Wildman–Crippen LogP) is 4.73. The number of benzene rings is 2. The zero-order valence-corrected chi connectivity index (χ0v) is 66.3. The summed E-state index contributed by atoms with van der Waals surface area (Å²) in [6, 6.07) is 6.86. The van der Waals surface area contributed by atoms with E-state index in [9.17, 15) is 113 Å². The quantitative estimate of drug-likeness (QED) is 0.0119. The van der Waals surface area contributed by atoms with Crippen LogP contribution in [0.2, 0.25) is 0 Å². The van der Waals surface area contributed by atoms with Crippen LogP contribution in [0.3, 0.4) is 0 Å². The molecule has 111 heavy (non-hydrogen) atoms. The van der Waals surface area contributed by atoms with Crippen molar-refractivity contribution in [2.75, 3.05) is 56.7 Å². The first kappa shape index (κ1) is 92.3. The van der Waals surface area contributed by atoms with Crippen molar-refractivity contribution in [2.45, 2.75) is 159 Å². The smallest absolute Gasteiger partial charge is 0.481 e. The molecule has 45 heteroatoms. The number of phosphoric acid groups is 3. The van der Waals surface area contributed by atoms with E-state index in [0.29, 0.717) is 37.2 Å². The third kappa shape index (κ3) is 28.2. The molecule has 4 amide bonds. The number of anilines is 1. The standard InChI is InChI=1S/C66H87N8O30P3S4/c1-5-39(65(85)86)33-52(76)50(35-59(81)82)71-56(79)22-11-9-8-10-21-51(75)47(20-16-31-108-109-32-28-55(78)69-29-14-17-40-37-74(66(87)72-63(40)83)58-36-53(77)54(102-58)38-101-106(91,92)104-107(93,94)103-105(88,89)90)70-57(80)23-15-30-73(4)64(84)44-19-13-12-18-41(44)60-42-24-26-48(67-6-2)61(110(95,96)97)45(42)34-46-43(60)25-27-49(68-7-3)62(46)111(98,99)100/h12-13,18-19,24-27,37,39,47,50,53-54,58,67,77H,5-11,15-16,20-23,28-36,38H2,1-4H3,(H,69,78)(H,70,80)(H,71,79)(H,81,82)(H,85,86)(H,91,92)(H,93,94)(H,72,83,87)(H2,88,89,90)(H,95,96,97)(H,98,99,100)/t39?,47?,50?,53?,54-,58-/m1/s1. The lowest BCUT2D eigenvalue weighted by molar-refractivity contribution is -0.144. The molecule has 0 bridgehead atoms. The monoisotopic (exact) mass is 1690 g/mol. The molecule has 3 aliphatic rings. The Bertz CT molecular complexity index is 4720. The highest BCUT2D eigenvalue weighted by atomic mass is 33.1. The number of aliphatic hydroxyl groups is 1. The van der Waals surface area contributed by atoms with Crippen LogP contribution in [0.5, 0.6) is 0 Å². The number of nitrogens with zero attached hydrogens (tertiary/aromatic N) is 3.